The van der Waals surface area contributed by atoms with Crippen LogP contribution in [0.3, 0.4) is 0 Å². The number of methoxy groups -OCH3 is 2. The molecule has 0 aliphatic carbocycles. The third-order valence-electron chi connectivity index (χ3n) is 5.60. The lowest BCUT2D eigenvalue weighted by Crippen LogP contribution is -2.14. The van der Waals surface area contributed by atoms with Crippen LogP contribution in [-0.2, 0) is 11.2 Å². The molecule has 1 N–H and O–H groups in total. The van der Waals surface area contributed by atoms with Crippen LogP contribution in [0.2, 0.25) is 5.02 Å². The SMILES string of the molecule is COc1ccc(-c2cc3nc(C)c(CCC(=O)Nc4ccccc4Cl)c(C)n3n2)c(OC)c1. The topological polar surface area (TPSA) is 77.8 Å². The average Bonchev–Trinajstić information content (AvgIpc) is 3.24. The summed E-state index contributed by atoms with van der Waals surface area (Å²) in [6, 6.07) is 14.7. The van der Waals surface area contributed by atoms with Gasteiger partial charge in [-0.25, -0.2) is 9.50 Å². The number of hydrogen-bond donors (Lipinski definition) is 1. The summed E-state index contributed by atoms with van der Waals surface area (Å²) in [5, 5.41) is 8.15. The van der Waals surface area contributed by atoms with Crippen molar-refractivity contribution < 1.29 is 14.3 Å². The fourth-order valence-corrected chi connectivity index (χ4v) is 4.03. The number of nitrogens with zero attached hydrogens (tertiary/aromatic N) is 3. The van der Waals surface area contributed by atoms with E-state index in [4.69, 9.17) is 31.2 Å². The molecule has 4 rings (SSSR count). The average molecular weight is 465 g/mol. The molecule has 0 saturated heterocycles. The fraction of sp³-hybridized carbons (Fsp3) is 0.240. The molecule has 2 heterocycles. The van der Waals surface area contributed by atoms with Crippen LogP contribution in [0.4, 0.5) is 5.69 Å². The molecule has 0 aliphatic rings. The highest BCUT2D eigenvalue weighted by Gasteiger charge is 2.17. The number of ether oxygens (including phenoxy) is 2. The number of aryl methyl sites for hydroxylation is 2. The van der Waals surface area contributed by atoms with Gasteiger partial charge >= 0.3 is 0 Å². The third kappa shape index (κ3) is 4.64. The highest BCUT2D eigenvalue weighted by molar-refractivity contribution is 6.33. The van der Waals surface area contributed by atoms with Gasteiger partial charge in [0.25, 0.3) is 0 Å². The Morgan fingerprint density at radius 3 is 2.61 bits per heavy atom. The molecule has 0 bridgehead atoms. The highest BCUT2D eigenvalue weighted by Crippen LogP contribution is 2.33. The number of para-hydroxylation sites is 1. The summed E-state index contributed by atoms with van der Waals surface area (Å²) in [6.07, 6.45) is 0.846. The summed E-state index contributed by atoms with van der Waals surface area (Å²) in [7, 11) is 3.24. The molecule has 0 spiro atoms. The van der Waals surface area contributed by atoms with E-state index in [1.807, 2.05) is 54.8 Å². The molecule has 170 valence electrons. The molecule has 0 aliphatic heterocycles. The van der Waals surface area contributed by atoms with Crippen molar-refractivity contribution in [3.05, 3.63) is 70.5 Å². The van der Waals surface area contributed by atoms with Crippen molar-refractivity contribution in [1.29, 1.82) is 0 Å². The van der Waals surface area contributed by atoms with Crippen molar-refractivity contribution in [1.82, 2.24) is 14.6 Å². The zero-order chi connectivity index (χ0) is 23.5. The van der Waals surface area contributed by atoms with Gasteiger partial charge in [-0.2, -0.15) is 5.10 Å². The van der Waals surface area contributed by atoms with E-state index in [1.165, 1.54) is 0 Å². The maximum absolute atomic E-state index is 12.5. The van der Waals surface area contributed by atoms with Gasteiger partial charge in [-0.3, -0.25) is 4.79 Å². The monoisotopic (exact) mass is 464 g/mol. The first-order valence-corrected chi connectivity index (χ1v) is 10.9. The lowest BCUT2D eigenvalue weighted by atomic mass is 10.1. The Bertz CT molecular complexity index is 1330. The Hall–Kier alpha value is -3.58. The molecule has 0 atom stereocenters. The van der Waals surface area contributed by atoms with Crippen molar-refractivity contribution in [3.8, 4) is 22.8 Å². The minimum atomic E-state index is -0.105. The largest absolute Gasteiger partial charge is 0.497 e. The van der Waals surface area contributed by atoms with E-state index in [1.54, 1.807) is 26.4 Å². The van der Waals surface area contributed by atoms with E-state index in [9.17, 15) is 4.79 Å². The van der Waals surface area contributed by atoms with Gasteiger partial charge in [0, 0.05) is 35.5 Å². The van der Waals surface area contributed by atoms with Gasteiger partial charge in [0.05, 0.1) is 30.6 Å². The first-order chi connectivity index (χ1) is 15.9. The summed E-state index contributed by atoms with van der Waals surface area (Å²) in [6.45, 7) is 3.94. The molecule has 0 saturated carbocycles. The highest BCUT2D eigenvalue weighted by atomic mass is 35.5. The number of fused-ring (bicyclic) bond motifs is 1. The van der Waals surface area contributed by atoms with Crippen LogP contribution in [0, 0.1) is 13.8 Å². The first kappa shape index (κ1) is 22.6. The smallest absolute Gasteiger partial charge is 0.224 e. The van der Waals surface area contributed by atoms with Crippen molar-refractivity contribution in [2.24, 2.45) is 0 Å². The van der Waals surface area contributed by atoms with Gasteiger partial charge in [0.1, 0.15) is 11.5 Å². The van der Waals surface area contributed by atoms with Gasteiger partial charge in [-0.1, -0.05) is 23.7 Å². The second kappa shape index (κ2) is 9.50. The minimum absolute atomic E-state index is 0.105. The van der Waals surface area contributed by atoms with Crippen molar-refractivity contribution in [2.75, 3.05) is 19.5 Å². The van der Waals surface area contributed by atoms with Gasteiger partial charge < -0.3 is 14.8 Å². The number of rotatable bonds is 7. The number of aromatic nitrogens is 3. The zero-order valence-corrected chi connectivity index (χ0v) is 19.7. The summed E-state index contributed by atoms with van der Waals surface area (Å²) >= 11 is 6.14. The van der Waals surface area contributed by atoms with Gasteiger partial charge in [0.15, 0.2) is 5.65 Å². The third-order valence-corrected chi connectivity index (χ3v) is 5.93. The second-order valence-corrected chi connectivity index (χ2v) is 8.06. The number of anilines is 1. The molecule has 0 radical (unpaired) electrons. The Labute approximate surface area is 197 Å². The molecule has 4 aromatic rings. The number of amides is 1. The summed E-state index contributed by atoms with van der Waals surface area (Å²) in [5.74, 6) is 1.27. The van der Waals surface area contributed by atoms with E-state index in [2.05, 4.69) is 5.32 Å². The van der Waals surface area contributed by atoms with Crippen LogP contribution in [-0.4, -0.2) is 34.7 Å². The van der Waals surface area contributed by atoms with Crippen LogP contribution in [0.25, 0.3) is 16.9 Å². The Balaban J connectivity index is 1.60. The molecule has 2 aromatic heterocycles. The van der Waals surface area contributed by atoms with Crippen molar-refractivity contribution in [2.45, 2.75) is 26.7 Å². The fourth-order valence-electron chi connectivity index (χ4n) is 3.84. The maximum Gasteiger partial charge on any atom is 0.224 e. The van der Waals surface area contributed by atoms with E-state index >= 15 is 0 Å². The minimum Gasteiger partial charge on any atom is -0.497 e. The van der Waals surface area contributed by atoms with E-state index < -0.39 is 0 Å². The number of carbonyl (C=O) groups excluding carboxylic acids is 1. The van der Waals surface area contributed by atoms with Crippen molar-refractivity contribution in [3.63, 3.8) is 0 Å². The lowest BCUT2D eigenvalue weighted by Gasteiger charge is -2.11. The molecular weight excluding hydrogens is 440 g/mol. The first-order valence-electron chi connectivity index (χ1n) is 10.5. The molecule has 8 heteroatoms. The van der Waals surface area contributed by atoms with E-state index in [-0.39, 0.29) is 5.91 Å². The quantitative estimate of drug-likeness (QED) is 0.404. The Morgan fingerprint density at radius 2 is 1.88 bits per heavy atom. The predicted molar refractivity (Wildman–Crippen MR) is 129 cm³/mol. The summed E-state index contributed by atoms with van der Waals surface area (Å²) < 4.78 is 12.6. The number of benzene rings is 2. The van der Waals surface area contributed by atoms with Crippen LogP contribution in [0.1, 0.15) is 23.4 Å². The van der Waals surface area contributed by atoms with Crippen molar-refractivity contribution >= 4 is 28.8 Å². The zero-order valence-electron chi connectivity index (χ0n) is 19.0. The molecule has 0 fully saturated rings. The summed E-state index contributed by atoms with van der Waals surface area (Å²) in [4.78, 5) is 17.2. The standard InChI is InChI=1S/C25H25ClN4O3/c1-15-18(11-12-25(31)28-21-8-6-5-7-20(21)26)16(2)30-24(27-15)14-22(29-30)19-10-9-17(32-3)13-23(19)33-4/h5-10,13-14H,11-12H2,1-4H3,(H,28,31). The van der Waals surface area contributed by atoms with Crippen LogP contribution in [0.5, 0.6) is 11.5 Å². The second-order valence-electron chi connectivity index (χ2n) is 7.65. The molecule has 7 nitrogen and oxygen atoms in total. The van der Waals surface area contributed by atoms with E-state index in [0.717, 1.165) is 33.9 Å². The van der Waals surface area contributed by atoms with Crippen LogP contribution in [0.15, 0.2) is 48.5 Å². The predicted octanol–water partition coefficient (Wildman–Crippen LogP) is 5.26. The molecule has 1 amide bonds. The lowest BCUT2D eigenvalue weighted by molar-refractivity contribution is -0.116. The van der Waals surface area contributed by atoms with Crippen LogP contribution < -0.4 is 14.8 Å². The normalized spacial score (nSPS) is 10.9. The molecular formula is C25H25ClN4O3. The maximum atomic E-state index is 12.5. The Kier molecular flexibility index (Phi) is 6.51. The van der Waals surface area contributed by atoms with Gasteiger partial charge in [0.2, 0.25) is 5.91 Å². The molecule has 0 unspecified atom stereocenters. The molecule has 33 heavy (non-hydrogen) atoms. The Morgan fingerprint density at radius 1 is 1.09 bits per heavy atom. The number of carbonyl (C=O) groups is 1. The van der Waals surface area contributed by atoms with Crippen LogP contribution >= 0.6 is 11.6 Å². The number of nitrogens with one attached hydrogen (secondary N) is 1. The van der Waals surface area contributed by atoms with E-state index in [0.29, 0.717) is 35.1 Å². The number of halogens is 1. The number of hydrogen-bond acceptors (Lipinski definition) is 5. The van der Waals surface area contributed by atoms with Gasteiger partial charge in [-0.05, 0) is 50.1 Å². The summed E-state index contributed by atoms with van der Waals surface area (Å²) in [5.41, 5.74) is 5.76. The van der Waals surface area contributed by atoms with Gasteiger partial charge in [-0.15, -0.1) is 0 Å². The molecule has 2 aromatic carbocycles.